The lowest BCUT2D eigenvalue weighted by molar-refractivity contribution is 0.135. The lowest BCUT2D eigenvalue weighted by Crippen LogP contribution is -2.42. The Labute approximate surface area is 115 Å². The van der Waals surface area contributed by atoms with Crippen molar-refractivity contribution < 1.29 is 0 Å². The van der Waals surface area contributed by atoms with Crippen LogP contribution in [0.5, 0.6) is 0 Å². The maximum absolute atomic E-state index is 5.86. The Morgan fingerprint density at radius 2 is 2.00 bits per heavy atom. The highest BCUT2D eigenvalue weighted by Crippen LogP contribution is 2.21. The third-order valence-corrected chi connectivity index (χ3v) is 4.10. The highest BCUT2D eigenvalue weighted by atomic mass is 35.5. The van der Waals surface area contributed by atoms with Crippen LogP contribution in [0.3, 0.4) is 0 Å². The van der Waals surface area contributed by atoms with Gasteiger partial charge in [0.1, 0.15) is 0 Å². The van der Waals surface area contributed by atoms with Gasteiger partial charge in [-0.2, -0.15) is 0 Å². The van der Waals surface area contributed by atoms with Gasteiger partial charge < -0.3 is 5.32 Å². The topological polar surface area (TPSA) is 15.3 Å². The molecule has 1 aromatic carbocycles. The summed E-state index contributed by atoms with van der Waals surface area (Å²) in [7, 11) is 0. The molecule has 18 heavy (non-hydrogen) atoms. The van der Waals surface area contributed by atoms with Crippen LogP contribution < -0.4 is 5.32 Å². The summed E-state index contributed by atoms with van der Waals surface area (Å²) in [6.45, 7) is 8.07. The number of hydrogen-bond acceptors (Lipinski definition) is 2. The third-order valence-electron chi connectivity index (χ3n) is 3.85. The zero-order valence-electron chi connectivity index (χ0n) is 11.3. The van der Waals surface area contributed by atoms with Crippen molar-refractivity contribution in [1.29, 1.82) is 0 Å². The largest absolute Gasteiger partial charge is 0.384 e. The molecule has 0 aromatic heterocycles. The molecular formula is C15H23ClN2. The molecule has 0 amide bonds. The quantitative estimate of drug-likeness (QED) is 0.890. The number of benzene rings is 1. The van der Waals surface area contributed by atoms with Gasteiger partial charge in [0.05, 0.1) is 0 Å². The smallest absolute Gasteiger partial charge is 0.0407 e. The van der Waals surface area contributed by atoms with E-state index in [1.807, 2.05) is 24.3 Å². The van der Waals surface area contributed by atoms with Crippen molar-refractivity contribution in [3.63, 3.8) is 0 Å². The van der Waals surface area contributed by atoms with E-state index < -0.39 is 0 Å². The molecule has 0 aliphatic carbocycles. The van der Waals surface area contributed by atoms with E-state index in [2.05, 4.69) is 24.1 Å². The number of nitrogens with one attached hydrogen (secondary N) is 1. The predicted octanol–water partition coefficient (Wildman–Crippen LogP) is 3.87. The van der Waals surface area contributed by atoms with Gasteiger partial charge in [0.25, 0.3) is 0 Å². The molecule has 2 rings (SSSR count). The Balaban J connectivity index is 1.73. The van der Waals surface area contributed by atoms with Crippen molar-refractivity contribution >= 4 is 17.3 Å². The highest BCUT2D eigenvalue weighted by molar-refractivity contribution is 6.30. The van der Waals surface area contributed by atoms with Gasteiger partial charge in [0.2, 0.25) is 0 Å². The first-order valence-corrected chi connectivity index (χ1v) is 7.26. The van der Waals surface area contributed by atoms with E-state index in [1.54, 1.807) is 0 Å². The van der Waals surface area contributed by atoms with Crippen LogP contribution in [0.15, 0.2) is 24.3 Å². The number of rotatable bonds is 4. The molecule has 2 unspecified atom stereocenters. The molecule has 0 saturated carbocycles. The van der Waals surface area contributed by atoms with Gasteiger partial charge in [-0.25, -0.2) is 0 Å². The summed E-state index contributed by atoms with van der Waals surface area (Å²) in [6, 6.07) is 8.64. The summed E-state index contributed by atoms with van der Waals surface area (Å²) >= 11 is 5.86. The fraction of sp³-hybridized carbons (Fsp3) is 0.600. The maximum atomic E-state index is 5.86. The highest BCUT2D eigenvalue weighted by Gasteiger charge is 2.21. The molecule has 1 saturated heterocycles. The number of halogens is 1. The zero-order valence-corrected chi connectivity index (χ0v) is 12.1. The molecule has 1 N–H and O–H groups in total. The van der Waals surface area contributed by atoms with Gasteiger partial charge in [-0.15, -0.1) is 0 Å². The Bertz CT molecular complexity index is 363. The second kappa shape index (κ2) is 6.44. The first kappa shape index (κ1) is 13.7. The minimum absolute atomic E-state index is 0.723. The lowest BCUT2D eigenvalue weighted by atomic mass is 9.93. The maximum Gasteiger partial charge on any atom is 0.0407 e. The van der Waals surface area contributed by atoms with Crippen molar-refractivity contribution in [1.82, 2.24) is 4.90 Å². The number of hydrogen-bond donors (Lipinski definition) is 1. The van der Waals surface area contributed by atoms with Crippen molar-refractivity contribution in [2.75, 3.05) is 25.0 Å². The molecule has 1 aliphatic rings. The van der Waals surface area contributed by atoms with Crippen LogP contribution in [0.2, 0.25) is 5.02 Å². The first-order chi connectivity index (χ1) is 8.65. The minimum atomic E-state index is 0.723. The Kier molecular flexibility index (Phi) is 4.90. The van der Waals surface area contributed by atoms with Gasteiger partial charge in [0, 0.05) is 29.8 Å². The minimum Gasteiger partial charge on any atom is -0.384 e. The average Bonchev–Trinajstić information content (AvgIpc) is 2.34. The van der Waals surface area contributed by atoms with Crippen molar-refractivity contribution in [2.45, 2.75) is 32.7 Å². The van der Waals surface area contributed by atoms with Gasteiger partial charge >= 0.3 is 0 Å². The summed E-state index contributed by atoms with van der Waals surface area (Å²) in [5.41, 5.74) is 1.15. The van der Waals surface area contributed by atoms with Crippen LogP contribution in [-0.2, 0) is 0 Å². The van der Waals surface area contributed by atoms with Gasteiger partial charge in [0.15, 0.2) is 0 Å². The molecule has 3 heteroatoms. The summed E-state index contributed by atoms with van der Waals surface area (Å²) < 4.78 is 0. The van der Waals surface area contributed by atoms with Crippen molar-refractivity contribution in [3.8, 4) is 0 Å². The van der Waals surface area contributed by atoms with Crippen LogP contribution in [0.1, 0.15) is 26.7 Å². The predicted molar refractivity (Wildman–Crippen MR) is 79.4 cm³/mol. The molecule has 2 nitrogen and oxygen atoms in total. The fourth-order valence-electron chi connectivity index (χ4n) is 2.70. The van der Waals surface area contributed by atoms with Gasteiger partial charge in [-0.1, -0.05) is 18.5 Å². The molecule has 1 fully saturated rings. The van der Waals surface area contributed by atoms with E-state index in [0.717, 1.165) is 35.8 Å². The first-order valence-electron chi connectivity index (χ1n) is 6.88. The Morgan fingerprint density at radius 1 is 1.28 bits per heavy atom. The van der Waals surface area contributed by atoms with Crippen molar-refractivity contribution in [3.05, 3.63) is 29.3 Å². The number of likely N-dealkylation sites (tertiary alicyclic amines) is 1. The zero-order chi connectivity index (χ0) is 13.0. The van der Waals surface area contributed by atoms with Crippen molar-refractivity contribution in [2.24, 2.45) is 5.92 Å². The fourth-order valence-corrected chi connectivity index (χ4v) is 2.83. The van der Waals surface area contributed by atoms with E-state index in [9.17, 15) is 0 Å². The molecule has 0 bridgehead atoms. The second-order valence-electron chi connectivity index (χ2n) is 5.45. The Hall–Kier alpha value is -0.730. The summed E-state index contributed by atoms with van der Waals surface area (Å²) in [4.78, 5) is 2.59. The van der Waals surface area contributed by atoms with E-state index in [-0.39, 0.29) is 0 Å². The van der Waals surface area contributed by atoms with Crippen LogP contribution >= 0.6 is 11.6 Å². The molecule has 2 atom stereocenters. The Morgan fingerprint density at radius 3 is 2.67 bits per heavy atom. The van der Waals surface area contributed by atoms with Gasteiger partial charge in [-0.3, -0.25) is 4.90 Å². The number of anilines is 1. The lowest BCUT2D eigenvalue weighted by Gasteiger charge is -2.36. The summed E-state index contributed by atoms with van der Waals surface area (Å²) in [6.07, 6.45) is 2.67. The molecule has 1 heterocycles. The summed E-state index contributed by atoms with van der Waals surface area (Å²) in [5, 5.41) is 4.24. The second-order valence-corrected chi connectivity index (χ2v) is 5.88. The van der Waals surface area contributed by atoms with E-state index >= 15 is 0 Å². The van der Waals surface area contributed by atoms with Crippen LogP contribution in [-0.4, -0.2) is 30.6 Å². The van der Waals surface area contributed by atoms with Crippen LogP contribution in [0.25, 0.3) is 0 Å². The van der Waals surface area contributed by atoms with E-state index in [1.165, 1.54) is 19.4 Å². The molecule has 1 aliphatic heterocycles. The SMILES string of the molecule is CC1CCN(CCNc2ccc(Cl)cc2)C(C)C1. The molecule has 0 radical (unpaired) electrons. The molecule has 100 valence electrons. The normalized spacial score (nSPS) is 25.1. The molecule has 0 spiro atoms. The van der Waals surface area contributed by atoms with E-state index in [4.69, 9.17) is 11.6 Å². The average molecular weight is 267 g/mol. The van der Waals surface area contributed by atoms with E-state index in [0.29, 0.717) is 0 Å². The number of nitrogens with zero attached hydrogens (tertiary/aromatic N) is 1. The van der Waals surface area contributed by atoms with Crippen LogP contribution in [0, 0.1) is 5.92 Å². The summed E-state index contributed by atoms with van der Waals surface area (Å²) in [5.74, 6) is 0.889. The van der Waals surface area contributed by atoms with Gasteiger partial charge in [-0.05, 0) is 56.5 Å². The standard InChI is InChI=1S/C15H23ClN2/c1-12-7-9-18(13(2)11-12)10-8-17-15-5-3-14(16)4-6-15/h3-6,12-13,17H,7-11H2,1-2H3. The monoisotopic (exact) mass is 266 g/mol. The molecular weight excluding hydrogens is 244 g/mol. The third kappa shape index (κ3) is 3.89. The van der Waals surface area contributed by atoms with Crippen LogP contribution in [0.4, 0.5) is 5.69 Å². The molecule has 1 aromatic rings. The number of piperidine rings is 1.